The summed E-state index contributed by atoms with van der Waals surface area (Å²) in [5.74, 6) is 1.23. The van der Waals surface area contributed by atoms with Crippen molar-refractivity contribution in [2.24, 2.45) is 11.1 Å². The Kier molecular flexibility index (Phi) is 2.62. The molecule has 0 fully saturated rings. The van der Waals surface area contributed by atoms with Crippen molar-refractivity contribution in [2.45, 2.75) is 19.8 Å². The van der Waals surface area contributed by atoms with E-state index in [4.69, 9.17) is 9.94 Å². The number of nitrogens with zero attached hydrogens (tertiary/aromatic N) is 1. The molecule has 0 saturated heterocycles. The zero-order chi connectivity index (χ0) is 10.8. The fourth-order valence-electron chi connectivity index (χ4n) is 2.13. The van der Waals surface area contributed by atoms with Crippen LogP contribution in [0, 0.1) is 5.92 Å². The average Bonchev–Trinajstić information content (AvgIpc) is 2.27. The first-order valence-electron chi connectivity index (χ1n) is 5.11. The Balaban J connectivity index is 2.44. The van der Waals surface area contributed by atoms with Crippen LogP contribution in [0.1, 0.15) is 18.1 Å². The van der Waals surface area contributed by atoms with Crippen molar-refractivity contribution >= 4 is 5.71 Å². The Morgan fingerprint density at radius 3 is 2.93 bits per heavy atom. The number of rotatable bonds is 1. The fraction of sp³-hybridized carbons (Fsp3) is 0.417. The van der Waals surface area contributed by atoms with Crippen molar-refractivity contribution < 1.29 is 9.94 Å². The standard InChI is InChI=1S/C12H15NO2/c1-8-6-10-9(7-11(8)13-14)4-3-5-12(10)15-2/h3-5,8,14H,6-7H2,1-2H3. The molecule has 3 nitrogen and oxygen atoms in total. The number of ether oxygens (including phenoxy) is 1. The molecule has 1 aromatic rings. The Bertz CT molecular complexity index is 399. The van der Waals surface area contributed by atoms with Crippen molar-refractivity contribution in [1.29, 1.82) is 0 Å². The van der Waals surface area contributed by atoms with Gasteiger partial charge in [0.05, 0.1) is 12.8 Å². The molecule has 80 valence electrons. The van der Waals surface area contributed by atoms with E-state index in [1.807, 2.05) is 12.1 Å². The monoisotopic (exact) mass is 205 g/mol. The molecule has 0 spiro atoms. The Labute approximate surface area is 89.4 Å². The molecular weight excluding hydrogens is 190 g/mol. The predicted octanol–water partition coefficient (Wildman–Crippen LogP) is 2.26. The van der Waals surface area contributed by atoms with Gasteiger partial charge in [-0.15, -0.1) is 0 Å². The van der Waals surface area contributed by atoms with Crippen LogP contribution in [0.2, 0.25) is 0 Å². The molecule has 0 bridgehead atoms. The number of hydrogen-bond acceptors (Lipinski definition) is 3. The summed E-state index contributed by atoms with van der Waals surface area (Å²) >= 11 is 0. The third-order valence-corrected chi connectivity index (χ3v) is 3.03. The molecular formula is C12H15NO2. The highest BCUT2D eigenvalue weighted by Gasteiger charge is 2.23. The van der Waals surface area contributed by atoms with E-state index in [9.17, 15) is 0 Å². The summed E-state index contributed by atoms with van der Waals surface area (Å²) < 4.78 is 5.33. The maximum Gasteiger partial charge on any atom is 0.122 e. The second kappa shape index (κ2) is 3.93. The van der Waals surface area contributed by atoms with Crippen molar-refractivity contribution in [2.75, 3.05) is 7.11 Å². The lowest BCUT2D eigenvalue weighted by molar-refractivity contribution is 0.313. The third-order valence-electron chi connectivity index (χ3n) is 3.03. The molecule has 0 heterocycles. The minimum Gasteiger partial charge on any atom is -0.496 e. The normalized spacial score (nSPS) is 22.5. The second-order valence-corrected chi connectivity index (χ2v) is 3.97. The highest BCUT2D eigenvalue weighted by atomic mass is 16.5. The van der Waals surface area contributed by atoms with Gasteiger partial charge in [0.15, 0.2) is 0 Å². The van der Waals surface area contributed by atoms with E-state index in [-0.39, 0.29) is 0 Å². The number of fused-ring (bicyclic) bond motifs is 1. The van der Waals surface area contributed by atoms with Gasteiger partial charge in [0.25, 0.3) is 0 Å². The van der Waals surface area contributed by atoms with Gasteiger partial charge in [-0.2, -0.15) is 0 Å². The highest BCUT2D eigenvalue weighted by molar-refractivity contribution is 5.90. The largest absolute Gasteiger partial charge is 0.496 e. The van der Waals surface area contributed by atoms with E-state index >= 15 is 0 Å². The summed E-state index contributed by atoms with van der Waals surface area (Å²) in [7, 11) is 1.69. The van der Waals surface area contributed by atoms with Gasteiger partial charge < -0.3 is 9.94 Å². The van der Waals surface area contributed by atoms with Crippen LogP contribution in [0.25, 0.3) is 0 Å². The van der Waals surface area contributed by atoms with Gasteiger partial charge in [-0.05, 0) is 23.6 Å². The topological polar surface area (TPSA) is 41.8 Å². The number of hydrogen-bond donors (Lipinski definition) is 1. The van der Waals surface area contributed by atoms with Gasteiger partial charge in [-0.1, -0.05) is 24.2 Å². The second-order valence-electron chi connectivity index (χ2n) is 3.97. The molecule has 1 aliphatic rings. The van der Waals surface area contributed by atoms with Crippen molar-refractivity contribution in [1.82, 2.24) is 0 Å². The van der Waals surface area contributed by atoms with Gasteiger partial charge in [-0.3, -0.25) is 0 Å². The van der Waals surface area contributed by atoms with Crippen LogP contribution in [0.4, 0.5) is 0 Å². The lowest BCUT2D eigenvalue weighted by atomic mass is 9.83. The molecule has 0 aromatic heterocycles. The van der Waals surface area contributed by atoms with Gasteiger partial charge in [0.1, 0.15) is 5.75 Å². The Morgan fingerprint density at radius 1 is 1.47 bits per heavy atom. The van der Waals surface area contributed by atoms with E-state index in [2.05, 4.69) is 18.1 Å². The van der Waals surface area contributed by atoms with Gasteiger partial charge in [0.2, 0.25) is 0 Å². The summed E-state index contributed by atoms with van der Waals surface area (Å²) in [5, 5.41) is 12.2. The van der Waals surface area contributed by atoms with E-state index in [1.54, 1.807) is 7.11 Å². The van der Waals surface area contributed by atoms with Crippen LogP contribution in [0.3, 0.4) is 0 Å². The third kappa shape index (κ3) is 1.69. The van der Waals surface area contributed by atoms with E-state index in [0.29, 0.717) is 5.92 Å². The van der Waals surface area contributed by atoms with Crippen LogP contribution < -0.4 is 4.74 Å². The molecule has 2 rings (SSSR count). The minimum absolute atomic E-state index is 0.291. The lowest BCUT2D eigenvalue weighted by Gasteiger charge is -2.24. The van der Waals surface area contributed by atoms with Crippen LogP contribution in [-0.4, -0.2) is 18.0 Å². The van der Waals surface area contributed by atoms with Crippen LogP contribution in [0.15, 0.2) is 23.4 Å². The summed E-state index contributed by atoms with van der Waals surface area (Å²) in [4.78, 5) is 0. The van der Waals surface area contributed by atoms with Gasteiger partial charge in [-0.25, -0.2) is 0 Å². The van der Waals surface area contributed by atoms with Crippen LogP contribution >= 0.6 is 0 Å². The zero-order valence-corrected chi connectivity index (χ0v) is 9.03. The van der Waals surface area contributed by atoms with Crippen LogP contribution in [0.5, 0.6) is 5.75 Å². The Morgan fingerprint density at radius 2 is 2.27 bits per heavy atom. The fourth-order valence-corrected chi connectivity index (χ4v) is 2.13. The van der Waals surface area contributed by atoms with Crippen molar-refractivity contribution in [3.05, 3.63) is 29.3 Å². The number of methoxy groups -OCH3 is 1. The molecule has 15 heavy (non-hydrogen) atoms. The maximum absolute atomic E-state index is 8.87. The summed E-state index contributed by atoms with van der Waals surface area (Å²) in [6, 6.07) is 6.02. The quantitative estimate of drug-likeness (QED) is 0.564. The first-order valence-corrected chi connectivity index (χ1v) is 5.11. The molecule has 1 atom stereocenters. The SMILES string of the molecule is COc1cccc2c1CC(C)C(=NO)C2. The number of benzene rings is 1. The molecule has 1 aliphatic carbocycles. The summed E-state index contributed by atoms with van der Waals surface area (Å²) in [6.07, 6.45) is 1.61. The smallest absolute Gasteiger partial charge is 0.122 e. The maximum atomic E-state index is 8.87. The zero-order valence-electron chi connectivity index (χ0n) is 9.03. The van der Waals surface area contributed by atoms with Crippen LogP contribution in [-0.2, 0) is 12.8 Å². The van der Waals surface area contributed by atoms with Crippen molar-refractivity contribution in [3.8, 4) is 5.75 Å². The lowest BCUT2D eigenvalue weighted by Crippen LogP contribution is -2.23. The average molecular weight is 205 g/mol. The molecule has 1 unspecified atom stereocenters. The number of oxime groups is 1. The van der Waals surface area contributed by atoms with E-state index in [1.165, 1.54) is 11.1 Å². The first-order chi connectivity index (χ1) is 7.26. The van der Waals surface area contributed by atoms with Crippen molar-refractivity contribution in [3.63, 3.8) is 0 Å². The van der Waals surface area contributed by atoms with E-state index < -0.39 is 0 Å². The predicted molar refractivity (Wildman–Crippen MR) is 58.8 cm³/mol. The molecule has 0 saturated carbocycles. The highest BCUT2D eigenvalue weighted by Crippen LogP contribution is 2.30. The molecule has 1 N–H and O–H groups in total. The molecule has 0 amide bonds. The molecule has 0 radical (unpaired) electrons. The minimum atomic E-state index is 0.291. The molecule has 1 aromatic carbocycles. The molecule has 3 heteroatoms. The van der Waals surface area contributed by atoms with Gasteiger partial charge in [0, 0.05) is 12.3 Å². The summed E-state index contributed by atoms with van der Waals surface area (Å²) in [5.41, 5.74) is 3.32. The Hall–Kier alpha value is -1.51. The first kappa shape index (κ1) is 10.0. The van der Waals surface area contributed by atoms with E-state index in [0.717, 1.165) is 24.3 Å². The van der Waals surface area contributed by atoms with Gasteiger partial charge >= 0.3 is 0 Å². The molecule has 0 aliphatic heterocycles. The summed E-state index contributed by atoms with van der Waals surface area (Å²) in [6.45, 7) is 2.07.